The summed E-state index contributed by atoms with van der Waals surface area (Å²) < 4.78 is 0. The summed E-state index contributed by atoms with van der Waals surface area (Å²) >= 11 is 0. The first-order valence-electron chi connectivity index (χ1n) is 7.35. The van der Waals surface area contributed by atoms with E-state index in [0.717, 1.165) is 10.8 Å². The van der Waals surface area contributed by atoms with Crippen molar-refractivity contribution in [3.8, 4) is 0 Å². The van der Waals surface area contributed by atoms with Crippen LogP contribution in [-0.4, -0.2) is 22.1 Å². The van der Waals surface area contributed by atoms with Gasteiger partial charge in [0.25, 0.3) is 5.91 Å². The molecule has 3 aromatic carbocycles. The van der Waals surface area contributed by atoms with Crippen molar-refractivity contribution in [1.29, 1.82) is 0 Å². The van der Waals surface area contributed by atoms with E-state index in [-0.39, 0.29) is 5.56 Å². The number of hydrogen-bond acceptors (Lipinski definition) is 3. The van der Waals surface area contributed by atoms with Crippen LogP contribution < -0.4 is 5.32 Å². The smallest absolute Gasteiger partial charge is 0.335 e. The molecule has 0 spiro atoms. The summed E-state index contributed by atoms with van der Waals surface area (Å²) in [6.45, 7) is 0. The van der Waals surface area contributed by atoms with E-state index >= 15 is 0 Å². The van der Waals surface area contributed by atoms with E-state index in [4.69, 9.17) is 5.11 Å². The second-order valence-electron chi connectivity index (χ2n) is 5.38. The Labute approximate surface area is 138 Å². The Morgan fingerprint density at radius 2 is 1.54 bits per heavy atom. The fourth-order valence-electron chi connectivity index (χ4n) is 2.44. The van der Waals surface area contributed by atoms with Crippen molar-refractivity contribution in [3.63, 3.8) is 0 Å². The van der Waals surface area contributed by atoms with Crippen LogP contribution >= 0.6 is 0 Å². The number of aliphatic hydroxyl groups excluding tert-OH is 1. The average Bonchev–Trinajstić information content (AvgIpc) is 2.61. The molecule has 5 nitrogen and oxygen atoms in total. The number of benzene rings is 3. The molecule has 0 heterocycles. The van der Waals surface area contributed by atoms with Crippen molar-refractivity contribution in [1.82, 2.24) is 0 Å². The highest BCUT2D eigenvalue weighted by atomic mass is 16.4. The summed E-state index contributed by atoms with van der Waals surface area (Å²) in [6, 6.07) is 18.7. The quantitative estimate of drug-likeness (QED) is 0.688. The molecule has 0 aromatic heterocycles. The van der Waals surface area contributed by atoms with Gasteiger partial charge in [-0.15, -0.1) is 0 Å². The molecule has 0 fully saturated rings. The lowest BCUT2D eigenvalue weighted by Gasteiger charge is -2.12. The van der Waals surface area contributed by atoms with Crippen LogP contribution in [0, 0.1) is 0 Å². The minimum Gasteiger partial charge on any atom is -0.478 e. The zero-order chi connectivity index (χ0) is 17.1. The summed E-state index contributed by atoms with van der Waals surface area (Å²) in [5, 5.41) is 23.6. The first-order chi connectivity index (χ1) is 11.5. The highest BCUT2D eigenvalue weighted by molar-refractivity contribution is 5.96. The molecule has 3 rings (SSSR count). The number of carbonyl (C=O) groups excluding carboxylic acids is 1. The molecule has 0 saturated heterocycles. The van der Waals surface area contributed by atoms with Crippen LogP contribution in [0.3, 0.4) is 0 Å². The zero-order valence-corrected chi connectivity index (χ0v) is 12.6. The third kappa shape index (κ3) is 3.26. The van der Waals surface area contributed by atoms with E-state index in [1.165, 1.54) is 24.3 Å². The maximum absolute atomic E-state index is 12.2. The minimum absolute atomic E-state index is 0.128. The number of amides is 1. The van der Waals surface area contributed by atoms with Crippen molar-refractivity contribution in [2.45, 2.75) is 6.10 Å². The van der Waals surface area contributed by atoms with Gasteiger partial charge in [0, 0.05) is 5.69 Å². The van der Waals surface area contributed by atoms with Crippen LogP contribution in [0.2, 0.25) is 0 Å². The highest BCUT2D eigenvalue weighted by Gasteiger charge is 2.18. The van der Waals surface area contributed by atoms with E-state index in [0.29, 0.717) is 11.3 Å². The Bertz CT molecular complexity index is 903. The molecule has 24 heavy (non-hydrogen) atoms. The Balaban J connectivity index is 1.76. The van der Waals surface area contributed by atoms with Crippen molar-refractivity contribution >= 4 is 28.3 Å². The standard InChI is InChI=1S/C19H15NO4/c21-17(15-6-5-12-3-1-2-4-14(12)11-15)18(22)20-16-9-7-13(8-10-16)19(23)24/h1-11,17,21H,(H,20,22)(H,23,24). The number of aromatic carboxylic acids is 1. The van der Waals surface area contributed by atoms with Crippen LogP contribution in [0.5, 0.6) is 0 Å². The predicted octanol–water partition coefficient (Wildman–Crippen LogP) is 3.21. The number of anilines is 1. The number of fused-ring (bicyclic) bond motifs is 1. The number of hydrogen-bond donors (Lipinski definition) is 3. The molecule has 1 unspecified atom stereocenters. The number of carbonyl (C=O) groups is 2. The van der Waals surface area contributed by atoms with E-state index in [9.17, 15) is 14.7 Å². The number of nitrogens with one attached hydrogen (secondary N) is 1. The SMILES string of the molecule is O=C(O)c1ccc(NC(=O)C(O)c2ccc3ccccc3c2)cc1. The molecule has 0 radical (unpaired) electrons. The van der Waals surface area contributed by atoms with Gasteiger partial charge >= 0.3 is 5.97 Å². The third-order valence-electron chi connectivity index (χ3n) is 3.74. The number of carboxylic acids is 1. The molecule has 3 N–H and O–H groups in total. The van der Waals surface area contributed by atoms with Gasteiger partial charge in [0.15, 0.2) is 6.10 Å². The van der Waals surface area contributed by atoms with E-state index < -0.39 is 18.0 Å². The third-order valence-corrected chi connectivity index (χ3v) is 3.74. The Morgan fingerprint density at radius 3 is 2.21 bits per heavy atom. The molecule has 0 aliphatic carbocycles. The van der Waals surface area contributed by atoms with E-state index in [2.05, 4.69) is 5.32 Å². The van der Waals surface area contributed by atoms with Crippen LogP contribution in [0.1, 0.15) is 22.0 Å². The van der Waals surface area contributed by atoms with Crippen molar-refractivity contribution in [2.75, 3.05) is 5.32 Å². The molecule has 1 atom stereocenters. The fraction of sp³-hybridized carbons (Fsp3) is 0.0526. The number of rotatable bonds is 4. The monoisotopic (exact) mass is 321 g/mol. The van der Waals surface area contributed by atoms with Crippen LogP contribution in [-0.2, 0) is 4.79 Å². The van der Waals surface area contributed by atoms with Gasteiger partial charge in [0.2, 0.25) is 0 Å². The molecule has 1 amide bonds. The summed E-state index contributed by atoms with van der Waals surface area (Å²) in [7, 11) is 0. The Kier molecular flexibility index (Phi) is 4.26. The van der Waals surface area contributed by atoms with E-state index in [1.54, 1.807) is 12.1 Å². The molecular formula is C19H15NO4. The molecule has 3 aromatic rings. The molecule has 5 heteroatoms. The molecule has 0 bridgehead atoms. The normalized spacial score (nSPS) is 11.9. The lowest BCUT2D eigenvalue weighted by Crippen LogP contribution is -2.20. The first-order valence-corrected chi connectivity index (χ1v) is 7.35. The Hall–Kier alpha value is -3.18. The predicted molar refractivity (Wildman–Crippen MR) is 90.9 cm³/mol. The van der Waals surface area contributed by atoms with Gasteiger partial charge in [-0.25, -0.2) is 4.79 Å². The number of aliphatic hydroxyl groups is 1. The average molecular weight is 321 g/mol. The maximum Gasteiger partial charge on any atom is 0.335 e. The van der Waals surface area contributed by atoms with Gasteiger partial charge in [-0.05, 0) is 46.7 Å². The van der Waals surface area contributed by atoms with Gasteiger partial charge in [0.1, 0.15) is 0 Å². The van der Waals surface area contributed by atoms with Gasteiger partial charge in [-0.1, -0.05) is 36.4 Å². The highest BCUT2D eigenvalue weighted by Crippen LogP contribution is 2.22. The van der Waals surface area contributed by atoms with Gasteiger partial charge in [-0.2, -0.15) is 0 Å². The second kappa shape index (κ2) is 6.52. The van der Waals surface area contributed by atoms with Crippen LogP contribution in [0.15, 0.2) is 66.7 Å². The van der Waals surface area contributed by atoms with Gasteiger partial charge in [0.05, 0.1) is 5.56 Å². The first kappa shape index (κ1) is 15.7. The van der Waals surface area contributed by atoms with Gasteiger partial charge < -0.3 is 15.5 Å². The van der Waals surface area contributed by atoms with Gasteiger partial charge in [-0.3, -0.25) is 4.79 Å². The fourth-order valence-corrected chi connectivity index (χ4v) is 2.44. The molecular weight excluding hydrogens is 306 g/mol. The van der Waals surface area contributed by atoms with Crippen molar-refractivity contribution < 1.29 is 19.8 Å². The van der Waals surface area contributed by atoms with Crippen molar-refractivity contribution in [3.05, 3.63) is 77.9 Å². The Morgan fingerprint density at radius 1 is 0.875 bits per heavy atom. The summed E-state index contributed by atoms with van der Waals surface area (Å²) in [5.41, 5.74) is 1.04. The maximum atomic E-state index is 12.2. The zero-order valence-electron chi connectivity index (χ0n) is 12.6. The molecule has 0 aliphatic heterocycles. The topological polar surface area (TPSA) is 86.6 Å². The summed E-state index contributed by atoms with van der Waals surface area (Å²) in [5.74, 6) is -1.61. The van der Waals surface area contributed by atoms with Crippen molar-refractivity contribution in [2.24, 2.45) is 0 Å². The largest absolute Gasteiger partial charge is 0.478 e. The summed E-state index contributed by atoms with van der Waals surface area (Å²) in [6.07, 6.45) is -1.31. The van der Waals surface area contributed by atoms with E-state index in [1.807, 2.05) is 30.3 Å². The number of carboxylic acid groups (broad SMARTS) is 1. The summed E-state index contributed by atoms with van der Waals surface area (Å²) in [4.78, 5) is 23.0. The molecule has 120 valence electrons. The lowest BCUT2D eigenvalue weighted by atomic mass is 10.0. The molecule has 0 aliphatic rings. The minimum atomic E-state index is -1.31. The van der Waals surface area contributed by atoms with Crippen LogP contribution in [0.4, 0.5) is 5.69 Å². The molecule has 0 saturated carbocycles. The second-order valence-corrected chi connectivity index (χ2v) is 5.38. The lowest BCUT2D eigenvalue weighted by molar-refractivity contribution is -0.124. The van der Waals surface area contributed by atoms with Crippen LogP contribution in [0.25, 0.3) is 10.8 Å².